The Morgan fingerprint density at radius 3 is 2.89 bits per heavy atom. The molecule has 0 N–H and O–H groups in total. The topological polar surface area (TPSA) is 47.1 Å². The average Bonchev–Trinajstić information content (AvgIpc) is 2.94. The molecule has 100 valence electrons. The molecule has 6 heteroatoms. The number of aromatic nitrogens is 3. The molecule has 5 nitrogen and oxygen atoms in total. The Kier molecular flexibility index (Phi) is 2.73. The Morgan fingerprint density at radius 1 is 1.37 bits per heavy atom. The standard InChI is InChI=1S/C13H15BrN4O/c14-10-4-15-18(5-10)12-7-17(8-12)6-11-3-13(19-16-11)9-1-2-9/h3-5,9,12H,1-2,6-8H2. The van der Waals surface area contributed by atoms with Gasteiger partial charge in [-0.25, -0.2) is 0 Å². The maximum Gasteiger partial charge on any atom is 0.140 e. The summed E-state index contributed by atoms with van der Waals surface area (Å²) in [6, 6.07) is 2.61. The summed E-state index contributed by atoms with van der Waals surface area (Å²) in [5.74, 6) is 1.72. The zero-order valence-electron chi connectivity index (χ0n) is 10.5. The predicted octanol–water partition coefficient (Wildman–Crippen LogP) is 2.57. The molecule has 2 aromatic heterocycles. The molecule has 0 aromatic carbocycles. The molecule has 0 radical (unpaired) electrons. The zero-order chi connectivity index (χ0) is 12.8. The van der Waals surface area contributed by atoms with Crippen LogP contribution in [0.3, 0.4) is 0 Å². The molecule has 0 spiro atoms. The molecule has 0 unspecified atom stereocenters. The van der Waals surface area contributed by atoms with E-state index in [1.807, 2.05) is 17.1 Å². The highest BCUT2D eigenvalue weighted by molar-refractivity contribution is 9.10. The minimum absolute atomic E-state index is 0.487. The van der Waals surface area contributed by atoms with Gasteiger partial charge in [0.1, 0.15) is 5.76 Å². The van der Waals surface area contributed by atoms with Gasteiger partial charge in [0.05, 0.1) is 22.4 Å². The van der Waals surface area contributed by atoms with E-state index >= 15 is 0 Å². The normalized spacial score (nSPS) is 20.7. The van der Waals surface area contributed by atoms with Crippen LogP contribution in [0.1, 0.15) is 36.3 Å². The average molecular weight is 323 g/mol. The third-order valence-electron chi connectivity index (χ3n) is 3.82. The van der Waals surface area contributed by atoms with Crippen molar-refractivity contribution in [2.24, 2.45) is 0 Å². The monoisotopic (exact) mass is 322 g/mol. The number of likely N-dealkylation sites (tertiary alicyclic amines) is 1. The number of nitrogens with zero attached hydrogens (tertiary/aromatic N) is 4. The van der Waals surface area contributed by atoms with E-state index in [1.54, 1.807) is 0 Å². The smallest absolute Gasteiger partial charge is 0.140 e. The highest BCUT2D eigenvalue weighted by atomic mass is 79.9. The van der Waals surface area contributed by atoms with Crippen molar-refractivity contribution in [3.05, 3.63) is 34.4 Å². The highest BCUT2D eigenvalue weighted by Crippen LogP contribution is 2.40. The Hall–Kier alpha value is -1.14. The fourth-order valence-electron chi connectivity index (χ4n) is 2.55. The Balaban J connectivity index is 1.33. The van der Waals surface area contributed by atoms with Crippen molar-refractivity contribution in [3.63, 3.8) is 0 Å². The van der Waals surface area contributed by atoms with E-state index < -0.39 is 0 Å². The van der Waals surface area contributed by atoms with E-state index in [-0.39, 0.29) is 0 Å². The van der Waals surface area contributed by atoms with E-state index in [0.29, 0.717) is 12.0 Å². The number of hydrogen-bond donors (Lipinski definition) is 0. The fraction of sp³-hybridized carbons (Fsp3) is 0.538. The number of halogens is 1. The maximum absolute atomic E-state index is 5.37. The first-order chi connectivity index (χ1) is 9.28. The van der Waals surface area contributed by atoms with E-state index in [0.717, 1.165) is 35.6 Å². The van der Waals surface area contributed by atoms with Crippen molar-refractivity contribution in [2.45, 2.75) is 31.3 Å². The molecule has 1 aliphatic carbocycles. The van der Waals surface area contributed by atoms with Gasteiger partial charge in [-0.15, -0.1) is 0 Å². The van der Waals surface area contributed by atoms with Gasteiger partial charge < -0.3 is 4.52 Å². The lowest BCUT2D eigenvalue weighted by Gasteiger charge is -2.38. The van der Waals surface area contributed by atoms with E-state index in [4.69, 9.17) is 4.52 Å². The van der Waals surface area contributed by atoms with Crippen LogP contribution in [0.15, 0.2) is 27.5 Å². The Labute approximate surface area is 119 Å². The van der Waals surface area contributed by atoms with Gasteiger partial charge in [-0.05, 0) is 28.8 Å². The zero-order valence-corrected chi connectivity index (χ0v) is 12.1. The van der Waals surface area contributed by atoms with Gasteiger partial charge in [-0.1, -0.05) is 5.16 Å². The summed E-state index contributed by atoms with van der Waals surface area (Å²) in [5, 5.41) is 8.48. The second kappa shape index (κ2) is 4.45. The molecule has 1 saturated heterocycles. The van der Waals surface area contributed by atoms with Gasteiger partial charge in [0, 0.05) is 37.8 Å². The molecule has 2 aromatic rings. The summed E-state index contributed by atoms with van der Waals surface area (Å²) in [5.41, 5.74) is 1.06. The molecule has 4 rings (SSSR count). The van der Waals surface area contributed by atoms with E-state index in [1.165, 1.54) is 12.8 Å². The first-order valence-corrected chi connectivity index (χ1v) is 7.45. The van der Waals surface area contributed by atoms with Crippen molar-refractivity contribution in [3.8, 4) is 0 Å². The van der Waals surface area contributed by atoms with Crippen LogP contribution >= 0.6 is 15.9 Å². The minimum Gasteiger partial charge on any atom is -0.361 e. The molecule has 1 saturated carbocycles. The van der Waals surface area contributed by atoms with Crippen molar-refractivity contribution < 1.29 is 4.52 Å². The van der Waals surface area contributed by atoms with Gasteiger partial charge in [0.2, 0.25) is 0 Å². The second-order valence-corrected chi connectivity index (χ2v) is 6.40. The van der Waals surface area contributed by atoms with Crippen LogP contribution in [0.25, 0.3) is 0 Å². The summed E-state index contributed by atoms with van der Waals surface area (Å²) < 4.78 is 8.44. The molecule has 2 fully saturated rings. The summed E-state index contributed by atoms with van der Waals surface area (Å²) >= 11 is 3.43. The first-order valence-electron chi connectivity index (χ1n) is 6.65. The van der Waals surface area contributed by atoms with Crippen LogP contribution in [-0.4, -0.2) is 32.9 Å². The molecule has 0 bridgehead atoms. The summed E-state index contributed by atoms with van der Waals surface area (Å²) in [6.45, 7) is 2.94. The van der Waals surface area contributed by atoms with Crippen molar-refractivity contribution >= 4 is 15.9 Å². The largest absolute Gasteiger partial charge is 0.361 e. The van der Waals surface area contributed by atoms with Gasteiger partial charge in [-0.2, -0.15) is 5.10 Å². The lowest BCUT2D eigenvalue weighted by molar-refractivity contribution is 0.0883. The summed E-state index contributed by atoms with van der Waals surface area (Å²) in [7, 11) is 0. The van der Waals surface area contributed by atoms with Gasteiger partial charge >= 0.3 is 0 Å². The molecule has 3 heterocycles. The van der Waals surface area contributed by atoms with Crippen LogP contribution in [0.2, 0.25) is 0 Å². The van der Waals surface area contributed by atoms with Crippen LogP contribution in [-0.2, 0) is 6.54 Å². The quantitative estimate of drug-likeness (QED) is 0.868. The first kappa shape index (κ1) is 11.7. The molecule has 0 atom stereocenters. The van der Waals surface area contributed by atoms with Crippen LogP contribution < -0.4 is 0 Å². The van der Waals surface area contributed by atoms with Crippen molar-refractivity contribution in [1.82, 2.24) is 19.8 Å². The number of hydrogen-bond acceptors (Lipinski definition) is 4. The third-order valence-corrected chi connectivity index (χ3v) is 4.23. The Morgan fingerprint density at radius 2 is 2.21 bits per heavy atom. The van der Waals surface area contributed by atoms with Gasteiger partial charge in [0.15, 0.2) is 0 Å². The minimum atomic E-state index is 0.487. The van der Waals surface area contributed by atoms with E-state index in [2.05, 4.69) is 37.2 Å². The molecular formula is C13H15BrN4O. The third kappa shape index (κ3) is 2.34. The highest BCUT2D eigenvalue weighted by Gasteiger charge is 2.31. The molecule has 19 heavy (non-hydrogen) atoms. The van der Waals surface area contributed by atoms with Gasteiger partial charge in [-0.3, -0.25) is 9.58 Å². The fourth-order valence-corrected chi connectivity index (χ4v) is 2.85. The SMILES string of the molecule is Brc1cnn(C2CN(Cc3cc(C4CC4)on3)C2)c1. The molecule has 1 aliphatic heterocycles. The van der Waals surface area contributed by atoms with Crippen molar-refractivity contribution in [2.75, 3.05) is 13.1 Å². The lowest BCUT2D eigenvalue weighted by atomic mass is 10.1. The Bertz CT molecular complexity index is 583. The second-order valence-electron chi connectivity index (χ2n) is 5.48. The molecular weight excluding hydrogens is 308 g/mol. The maximum atomic E-state index is 5.37. The van der Waals surface area contributed by atoms with Gasteiger partial charge in [0.25, 0.3) is 0 Å². The summed E-state index contributed by atoms with van der Waals surface area (Å²) in [4.78, 5) is 2.37. The molecule has 0 amide bonds. The van der Waals surface area contributed by atoms with E-state index in [9.17, 15) is 0 Å². The van der Waals surface area contributed by atoms with Crippen LogP contribution in [0.4, 0.5) is 0 Å². The number of rotatable bonds is 4. The van der Waals surface area contributed by atoms with Crippen molar-refractivity contribution in [1.29, 1.82) is 0 Å². The van der Waals surface area contributed by atoms with Crippen LogP contribution in [0, 0.1) is 0 Å². The lowest BCUT2D eigenvalue weighted by Crippen LogP contribution is -2.47. The molecule has 2 aliphatic rings. The van der Waals surface area contributed by atoms with Crippen LogP contribution in [0.5, 0.6) is 0 Å². The predicted molar refractivity (Wildman–Crippen MR) is 72.7 cm³/mol. The summed E-state index contributed by atoms with van der Waals surface area (Å²) in [6.07, 6.45) is 6.38.